The van der Waals surface area contributed by atoms with Gasteiger partial charge in [-0.05, 0) is 12.8 Å². The lowest BCUT2D eigenvalue weighted by Gasteiger charge is -2.25. The Kier molecular flexibility index (Phi) is 2.91. The van der Waals surface area contributed by atoms with Gasteiger partial charge in [-0.2, -0.15) is 13.2 Å². The van der Waals surface area contributed by atoms with E-state index in [4.69, 9.17) is 0 Å². The van der Waals surface area contributed by atoms with Gasteiger partial charge in [0.15, 0.2) is 0 Å². The molecule has 0 aromatic carbocycles. The quantitative estimate of drug-likeness (QED) is 0.560. The van der Waals surface area contributed by atoms with E-state index in [1.807, 2.05) is 0 Å². The lowest BCUT2D eigenvalue weighted by atomic mass is 9.91. The van der Waals surface area contributed by atoms with Crippen molar-refractivity contribution in [1.29, 1.82) is 0 Å². The van der Waals surface area contributed by atoms with Gasteiger partial charge in [-0.15, -0.1) is 0 Å². The number of alkyl halides is 4. The Morgan fingerprint density at radius 1 is 1.09 bits per heavy atom. The smallest absolute Gasteiger partial charge is 0.244 e. The summed E-state index contributed by atoms with van der Waals surface area (Å²) in [5.41, 5.74) is -2.14. The zero-order valence-corrected chi connectivity index (χ0v) is 6.80. The van der Waals surface area contributed by atoms with Gasteiger partial charge >= 0.3 is 6.18 Å². The molecule has 0 heterocycles. The molecule has 4 heteroatoms. The first kappa shape index (κ1) is 10.7. The van der Waals surface area contributed by atoms with E-state index < -0.39 is 24.2 Å². The average molecular weight is 172 g/mol. The number of hydrogen-bond acceptors (Lipinski definition) is 0. The maximum Gasteiger partial charge on any atom is 0.392 e. The van der Waals surface area contributed by atoms with Gasteiger partial charge in [0, 0.05) is 0 Å². The largest absolute Gasteiger partial charge is 0.392 e. The summed E-state index contributed by atoms with van der Waals surface area (Å²) < 4.78 is 48.0. The molecule has 0 aliphatic carbocycles. The zero-order valence-electron chi connectivity index (χ0n) is 6.80. The van der Waals surface area contributed by atoms with E-state index in [9.17, 15) is 17.6 Å². The van der Waals surface area contributed by atoms with E-state index in [2.05, 4.69) is 0 Å². The van der Waals surface area contributed by atoms with Crippen LogP contribution in [0, 0.1) is 5.92 Å². The van der Waals surface area contributed by atoms with Gasteiger partial charge in [-0.1, -0.05) is 13.8 Å². The fourth-order valence-corrected chi connectivity index (χ4v) is 0.596. The molecule has 1 unspecified atom stereocenters. The van der Waals surface area contributed by atoms with Crippen molar-refractivity contribution in [3.05, 3.63) is 0 Å². The molecule has 68 valence electrons. The fourth-order valence-electron chi connectivity index (χ4n) is 0.596. The van der Waals surface area contributed by atoms with Gasteiger partial charge in [0.25, 0.3) is 0 Å². The van der Waals surface area contributed by atoms with Gasteiger partial charge in [-0.3, -0.25) is 0 Å². The highest BCUT2D eigenvalue weighted by Gasteiger charge is 2.41. The Bertz CT molecular complexity index is 123. The SMILES string of the molecule is CC(C)C(C)(F)CC(F)(F)F. The summed E-state index contributed by atoms with van der Waals surface area (Å²) in [5, 5.41) is 0. The van der Waals surface area contributed by atoms with Gasteiger partial charge in [0.2, 0.25) is 0 Å². The molecule has 0 fully saturated rings. The summed E-state index contributed by atoms with van der Waals surface area (Å²) in [6.07, 6.45) is -5.77. The van der Waals surface area contributed by atoms with Gasteiger partial charge in [0.05, 0.1) is 6.42 Å². The predicted octanol–water partition coefficient (Wildman–Crippen LogP) is 3.32. The third-order valence-electron chi connectivity index (χ3n) is 1.75. The molecule has 1 atom stereocenters. The van der Waals surface area contributed by atoms with Crippen LogP contribution in [0.1, 0.15) is 27.2 Å². The first-order valence-corrected chi connectivity index (χ1v) is 3.41. The summed E-state index contributed by atoms with van der Waals surface area (Å²) in [7, 11) is 0. The summed E-state index contributed by atoms with van der Waals surface area (Å²) in [4.78, 5) is 0. The normalized spacial score (nSPS) is 18.5. The Morgan fingerprint density at radius 3 is 1.55 bits per heavy atom. The Labute approximate surface area is 63.6 Å². The third kappa shape index (κ3) is 4.22. The van der Waals surface area contributed by atoms with Gasteiger partial charge < -0.3 is 0 Å². The standard InChI is InChI=1S/C7H12F4/c1-5(2)6(3,8)4-7(9,10)11/h5H,4H2,1-3H3. The topological polar surface area (TPSA) is 0 Å². The molecule has 11 heavy (non-hydrogen) atoms. The molecule has 0 aliphatic rings. The van der Waals surface area contributed by atoms with E-state index in [-0.39, 0.29) is 0 Å². The Hall–Kier alpha value is -0.280. The highest BCUT2D eigenvalue weighted by atomic mass is 19.4. The van der Waals surface area contributed by atoms with Crippen LogP contribution in [0.25, 0.3) is 0 Å². The minimum atomic E-state index is -4.41. The fraction of sp³-hybridized carbons (Fsp3) is 1.00. The molecule has 0 N–H and O–H groups in total. The van der Waals surface area contributed by atoms with Crippen LogP contribution in [0.5, 0.6) is 0 Å². The maximum atomic E-state index is 13.0. The Balaban J connectivity index is 4.13. The van der Waals surface area contributed by atoms with Crippen molar-refractivity contribution in [1.82, 2.24) is 0 Å². The Morgan fingerprint density at radius 2 is 1.45 bits per heavy atom. The van der Waals surface area contributed by atoms with E-state index >= 15 is 0 Å². The number of rotatable bonds is 2. The van der Waals surface area contributed by atoms with E-state index in [1.165, 1.54) is 13.8 Å². The van der Waals surface area contributed by atoms with Crippen molar-refractivity contribution < 1.29 is 17.6 Å². The molecule has 0 saturated carbocycles. The first-order valence-electron chi connectivity index (χ1n) is 3.41. The lowest BCUT2D eigenvalue weighted by Crippen LogP contribution is -2.32. The minimum absolute atomic E-state index is 0.607. The monoisotopic (exact) mass is 172 g/mol. The average Bonchev–Trinajstić information content (AvgIpc) is 1.56. The van der Waals surface area contributed by atoms with Crippen LogP contribution in [0.4, 0.5) is 17.6 Å². The van der Waals surface area contributed by atoms with Crippen molar-refractivity contribution in [2.45, 2.75) is 39.0 Å². The van der Waals surface area contributed by atoms with Crippen molar-refractivity contribution in [3.8, 4) is 0 Å². The van der Waals surface area contributed by atoms with Crippen LogP contribution in [-0.4, -0.2) is 11.8 Å². The van der Waals surface area contributed by atoms with Crippen molar-refractivity contribution >= 4 is 0 Å². The minimum Gasteiger partial charge on any atom is -0.244 e. The zero-order chi connectivity index (χ0) is 9.28. The first-order chi connectivity index (χ1) is 4.65. The van der Waals surface area contributed by atoms with Crippen molar-refractivity contribution in [2.24, 2.45) is 5.92 Å². The van der Waals surface area contributed by atoms with Crippen molar-refractivity contribution in [2.75, 3.05) is 0 Å². The number of hydrogen-bond donors (Lipinski definition) is 0. The van der Waals surface area contributed by atoms with Crippen LogP contribution >= 0.6 is 0 Å². The van der Waals surface area contributed by atoms with Crippen LogP contribution in [0.3, 0.4) is 0 Å². The molecule has 0 aromatic heterocycles. The predicted molar refractivity (Wildman–Crippen MR) is 35.0 cm³/mol. The van der Waals surface area contributed by atoms with Gasteiger partial charge in [0.1, 0.15) is 5.67 Å². The molecular weight excluding hydrogens is 160 g/mol. The highest BCUT2D eigenvalue weighted by Crippen LogP contribution is 2.34. The molecule has 0 aliphatic heterocycles. The van der Waals surface area contributed by atoms with Crippen LogP contribution in [-0.2, 0) is 0 Å². The van der Waals surface area contributed by atoms with Crippen molar-refractivity contribution in [3.63, 3.8) is 0 Å². The molecule has 0 bridgehead atoms. The molecule has 0 amide bonds. The molecule has 0 rings (SSSR count). The van der Waals surface area contributed by atoms with E-state index in [1.54, 1.807) is 0 Å². The molecular formula is C7H12F4. The molecule has 0 radical (unpaired) electrons. The molecule has 0 aromatic rings. The molecule has 0 saturated heterocycles. The van der Waals surface area contributed by atoms with E-state index in [0.717, 1.165) is 6.92 Å². The van der Waals surface area contributed by atoms with Gasteiger partial charge in [-0.25, -0.2) is 4.39 Å². The van der Waals surface area contributed by atoms with Crippen LogP contribution < -0.4 is 0 Å². The summed E-state index contributed by atoms with van der Waals surface area (Å²) in [6.45, 7) is 3.85. The third-order valence-corrected chi connectivity index (χ3v) is 1.75. The second-order valence-electron chi connectivity index (χ2n) is 3.22. The lowest BCUT2D eigenvalue weighted by molar-refractivity contribution is -0.165. The summed E-state index contributed by atoms with van der Waals surface area (Å²) in [6, 6.07) is 0. The van der Waals surface area contributed by atoms with E-state index in [0.29, 0.717) is 0 Å². The van der Waals surface area contributed by atoms with Crippen LogP contribution in [0.15, 0.2) is 0 Å². The second-order valence-corrected chi connectivity index (χ2v) is 3.22. The molecule has 0 nitrogen and oxygen atoms in total. The number of halogens is 4. The summed E-state index contributed by atoms with van der Waals surface area (Å²) >= 11 is 0. The van der Waals surface area contributed by atoms with Crippen LogP contribution in [0.2, 0.25) is 0 Å². The second kappa shape index (κ2) is 2.99. The maximum absolute atomic E-state index is 13.0. The summed E-state index contributed by atoms with van der Waals surface area (Å²) in [5.74, 6) is -0.607. The molecule has 0 spiro atoms. The highest BCUT2D eigenvalue weighted by molar-refractivity contribution is 4.79.